The van der Waals surface area contributed by atoms with Crippen molar-refractivity contribution in [3.8, 4) is 0 Å². The predicted molar refractivity (Wildman–Crippen MR) is 85.5 cm³/mol. The van der Waals surface area contributed by atoms with Crippen LogP contribution < -0.4 is 4.57 Å². The molecule has 22 heavy (non-hydrogen) atoms. The van der Waals surface area contributed by atoms with E-state index < -0.39 is 16.2 Å². The van der Waals surface area contributed by atoms with E-state index in [9.17, 15) is 13.5 Å². The Morgan fingerprint density at radius 1 is 1.27 bits per heavy atom. The van der Waals surface area contributed by atoms with Gasteiger partial charge in [-0.3, -0.25) is 4.55 Å². The van der Waals surface area contributed by atoms with Gasteiger partial charge in [0.2, 0.25) is 0 Å². The smallest absolute Gasteiger partial charge is 0.271 e. The molecule has 1 atom stereocenters. The van der Waals surface area contributed by atoms with Gasteiger partial charge in [-0.05, 0) is 18.4 Å². The lowest BCUT2D eigenvalue weighted by molar-refractivity contribution is -0.683. The Morgan fingerprint density at radius 3 is 2.50 bits per heavy atom. The molecule has 120 valence electrons. The lowest BCUT2D eigenvalue weighted by Gasteiger charge is -2.05. The van der Waals surface area contributed by atoms with Crippen LogP contribution in [-0.4, -0.2) is 23.8 Å². The molecule has 0 aliphatic heterocycles. The van der Waals surface area contributed by atoms with Gasteiger partial charge < -0.3 is 5.11 Å². The number of rotatable bonds is 6. The van der Waals surface area contributed by atoms with Gasteiger partial charge in [0, 0.05) is 6.92 Å². The molecule has 0 saturated heterocycles. The molecule has 0 fully saturated rings. The fraction of sp³-hybridized carbons (Fsp3) is 0.400. The molecular formula is C15H20NO4S2+. The highest BCUT2D eigenvalue weighted by Crippen LogP contribution is 2.27. The van der Waals surface area contributed by atoms with E-state index in [1.165, 1.54) is 11.3 Å². The van der Waals surface area contributed by atoms with Gasteiger partial charge in [0.25, 0.3) is 15.1 Å². The average molecular weight is 342 g/mol. The van der Waals surface area contributed by atoms with Crippen molar-refractivity contribution in [3.05, 3.63) is 51.5 Å². The van der Waals surface area contributed by atoms with Crippen molar-refractivity contribution in [2.75, 3.05) is 5.75 Å². The van der Waals surface area contributed by atoms with Crippen LogP contribution in [0.4, 0.5) is 0 Å². The summed E-state index contributed by atoms with van der Waals surface area (Å²) in [6.07, 6.45) is 0.220. The van der Waals surface area contributed by atoms with Crippen molar-refractivity contribution in [1.29, 1.82) is 0 Å². The third kappa shape index (κ3) is 4.13. The summed E-state index contributed by atoms with van der Waals surface area (Å²) < 4.78 is 32.3. The van der Waals surface area contributed by atoms with Crippen LogP contribution in [0.1, 0.15) is 33.7 Å². The Kier molecular flexibility index (Phi) is 5.33. The van der Waals surface area contributed by atoms with Gasteiger partial charge in [-0.1, -0.05) is 41.7 Å². The topological polar surface area (TPSA) is 78.5 Å². The molecule has 0 saturated carbocycles. The monoisotopic (exact) mass is 342 g/mol. The number of aliphatic hydroxyl groups is 1. The first kappa shape index (κ1) is 17.1. The summed E-state index contributed by atoms with van der Waals surface area (Å²) in [5, 5.41) is 11.3. The molecule has 0 bridgehead atoms. The first-order valence-electron chi connectivity index (χ1n) is 6.96. The molecule has 2 aromatic rings. The first-order valence-corrected chi connectivity index (χ1v) is 9.38. The van der Waals surface area contributed by atoms with Crippen molar-refractivity contribution in [3.63, 3.8) is 0 Å². The second-order valence-corrected chi connectivity index (χ2v) is 7.90. The molecule has 1 unspecified atom stereocenters. The minimum absolute atomic E-state index is 0.245. The molecule has 1 heterocycles. The molecule has 7 heteroatoms. The zero-order valence-electron chi connectivity index (χ0n) is 12.6. The molecule has 2 N–H and O–H groups in total. The van der Waals surface area contributed by atoms with Crippen molar-refractivity contribution in [2.24, 2.45) is 7.05 Å². The Hall–Kier alpha value is -1.28. The van der Waals surface area contributed by atoms with Crippen molar-refractivity contribution in [2.45, 2.75) is 25.9 Å². The molecule has 2 rings (SSSR count). The highest BCUT2D eigenvalue weighted by molar-refractivity contribution is 7.85. The van der Waals surface area contributed by atoms with Gasteiger partial charge in [0.15, 0.2) is 11.8 Å². The van der Waals surface area contributed by atoms with Gasteiger partial charge in [-0.2, -0.15) is 13.0 Å². The van der Waals surface area contributed by atoms with Crippen LogP contribution in [0, 0.1) is 6.92 Å². The summed E-state index contributed by atoms with van der Waals surface area (Å²) in [6.45, 7) is 1.94. The third-order valence-corrected chi connectivity index (χ3v) is 5.88. The van der Waals surface area contributed by atoms with Crippen LogP contribution in [0.15, 0.2) is 30.3 Å². The van der Waals surface area contributed by atoms with Crippen LogP contribution in [-0.2, 0) is 23.6 Å². The largest absolute Gasteiger partial charge is 0.377 e. The Balaban J connectivity index is 2.19. The molecule has 1 aromatic heterocycles. The molecule has 1 aromatic carbocycles. The highest BCUT2D eigenvalue weighted by atomic mass is 32.2. The van der Waals surface area contributed by atoms with E-state index in [-0.39, 0.29) is 5.75 Å². The summed E-state index contributed by atoms with van der Waals surface area (Å²) in [7, 11) is -2.03. The van der Waals surface area contributed by atoms with Gasteiger partial charge in [-0.25, -0.2) is 0 Å². The number of aliphatic hydroxyl groups excluding tert-OH is 1. The molecule has 0 radical (unpaired) electrons. The number of hydrogen-bond donors (Lipinski definition) is 2. The Bertz CT molecular complexity index is 738. The molecule has 0 aliphatic rings. The number of nitrogens with zero attached hydrogens (tertiary/aromatic N) is 1. The van der Waals surface area contributed by atoms with E-state index in [1.807, 2.05) is 48.9 Å². The number of aryl methyl sites for hydroxylation is 1. The second kappa shape index (κ2) is 6.87. The maximum absolute atomic E-state index is 10.8. The van der Waals surface area contributed by atoms with Crippen LogP contribution in [0.25, 0.3) is 0 Å². The fourth-order valence-electron chi connectivity index (χ4n) is 2.29. The molecular weight excluding hydrogens is 322 g/mol. The maximum atomic E-state index is 10.8. The molecule has 0 aliphatic carbocycles. The summed E-state index contributed by atoms with van der Waals surface area (Å²) in [6, 6.07) is 9.41. The standard InChI is InChI=1S/C15H19NO4S2/c1-11-13(9-6-10-22(18,19)20)21-15(16(11)2)14(17)12-7-4-3-5-8-12/h3-5,7-8,14,17H,6,9-10H2,1-2H3/p+1. The minimum Gasteiger partial charge on any atom is -0.377 e. The summed E-state index contributed by atoms with van der Waals surface area (Å²) in [5.74, 6) is -0.245. The van der Waals surface area contributed by atoms with Gasteiger partial charge in [0.1, 0.15) is 7.05 Å². The van der Waals surface area contributed by atoms with Crippen LogP contribution >= 0.6 is 11.3 Å². The van der Waals surface area contributed by atoms with Crippen LogP contribution in [0.5, 0.6) is 0 Å². The lowest BCUT2D eigenvalue weighted by Crippen LogP contribution is -2.35. The van der Waals surface area contributed by atoms with Gasteiger partial charge >= 0.3 is 0 Å². The van der Waals surface area contributed by atoms with Crippen LogP contribution in [0.3, 0.4) is 0 Å². The first-order chi connectivity index (χ1) is 10.3. The highest BCUT2D eigenvalue weighted by Gasteiger charge is 2.27. The van der Waals surface area contributed by atoms with Crippen molar-refractivity contribution >= 4 is 21.5 Å². The second-order valence-electron chi connectivity index (χ2n) is 5.21. The fourth-order valence-corrected chi connectivity index (χ4v) is 4.10. The number of benzene rings is 1. The quantitative estimate of drug-likeness (QED) is 0.620. The van der Waals surface area contributed by atoms with E-state index in [4.69, 9.17) is 4.55 Å². The van der Waals surface area contributed by atoms with E-state index in [2.05, 4.69) is 0 Å². The van der Waals surface area contributed by atoms with Crippen molar-refractivity contribution in [1.82, 2.24) is 0 Å². The Labute approximate surface area is 134 Å². The third-order valence-electron chi connectivity index (χ3n) is 3.62. The van der Waals surface area contributed by atoms with E-state index >= 15 is 0 Å². The van der Waals surface area contributed by atoms with Gasteiger partial charge in [0.05, 0.1) is 10.6 Å². The minimum atomic E-state index is -3.92. The van der Waals surface area contributed by atoms with Crippen LogP contribution in [0.2, 0.25) is 0 Å². The van der Waals surface area contributed by atoms with Crippen molar-refractivity contribution < 1.29 is 22.6 Å². The van der Waals surface area contributed by atoms with E-state index in [1.54, 1.807) is 0 Å². The zero-order chi connectivity index (χ0) is 16.3. The molecule has 0 spiro atoms. The number of aromatic nitrogens is 1. The summed E-state index contributed by atoms with van der Waals surface area (Å²) >= 11 is 1.48. The number of thiazole rings is 1. The maximum Gasteiger partial charge on any atom is 0.271 e. The normalized spacial score (nSPS) is 13.3. The van der Waals surface area contributed by atoms with E-state index in [0.717, 1.165) is 21.1 Å². The average Bonchev–Trinajstić information content (AvgIpc) is 2.75. The van der Waals surface area contributed by atoms with E-state index in [0.29, 0.717) is 12.8 Å². The predicted octanol–water partition coefficient (Wildman–Crippen LogP) is 1.78. The zero-order valence-corrected chi connectivity index (χ0v) is 14.2. The molecule has 0 amide bonds. The Morgan fingerprint density at radius 2 is 1.91 bits per heavy atom. The lowest BCUT2D eigenvalue weighted by atomic mass is 10.1. The summed E-state index contributed by atoms with van der Waals surface area (Å²) in [4.78, 5) is 1.02. The number of hydrogen-bond acceptors (Lipinski definition) is 4. The summed E-state index contributed by atoms with van der Waals surface area (Å²) in [5.41, 5.74) is 1.83. The SMILES string of the molecule is Cc1c(CCCS(=O)(=O)O)sc(C(O)c2ccccc2)[n+]1C. The van der Waals surface area contributed by atoms with Gasteiger partial charge in [-0.15, -0.1) is 0 Å². The molecule has 5 nitrogen and oxygen atoms in total.